The minimum absolute atomic E-state index is 0.624. The van der Waals surface area contributed by atoms with Crippen molar-refractivity contribution < 1.29 is 9.53 Å². The van der Waals surface area contributed by atoms with Crippen molar-refractivity contribution in [3.8, 4) is 5.75 Å². The van der Waals surface area contributed by atoms with E-state index in [4.69, 9.17) is 14.9 Å². The summed E-state index contributed by atoms with van der Waals surface area (Å²) >= 11 is 0. The fraction of sp³-hybridized carbons (Fsp3) is 0.179. The number of imidazole rings is 1. The van der Waals surface area contributed by atoms with Gasteiger partial charge in [-0.25, -0.2) is 9.78 Å². The Balaban J connectivity index is 1.81. The van der Waals surface area contributed by atoms with Gasteiger partial charge in [-0.1, -0.05) is 52.5 Å². The minimum atomic E-state index is -2.31. The molecule has 0 radical (unpaired) electrons. The number of nitrogens with one attached hydrogen (secondary N) is 1. The van der Waals surface area contributed by atoms with E-state index in [1.165, 1.54) is 11.1 Å². The molecule has 0 bridgehead atoms. The molecule has 1 atom stereocenters. The van der Waals surface area contributed by atoms with Crippen molar-refractivity contribution in [2.75, 3.05) is 12.4 Å². The summed E-state index contributed by atoms with van der Waals surface area (Å²) < 4.78 is 7.77. The van der Waals surface area contributed by atoms with E-state index in [0.717, 1.165) is 40.0 Å². The molecule has 0 fully saturated rings. The Morgan fingerprint density at radius 2 is 1.94 bits per heavy atom. The molecule has 0 amide bonds. The highest BCUT2D eigenvalue weighted by Crippen LogP contribution is 2.31. The van der Waals surface area contributed by atoms with Crippen LogP contribution in [0.5, 0.6) is 5.75 Å². The van der Waals surface area contributed by atoms with Crippen LogP contribution in [0, 0.1) is 0 Å². The van der Waals surface area contributed by atoms with Crippen LogP contribution in [0.15, 0.2) is 72.1 Å². The number of nitrogens with zero attached hydrogens (tertiary/aromatic N) is 2. The van der Waals surface area contributed by atoms with Gasteiger partial charge in [0, 0.05) is 10.6 Å². The number of methoxy groups -OCH3 is 1. The SMILES string of the molecule is C=C(C)c1ccc2c(c1)nc(Nc1ccc(S(=C)(N)=C=O)cc1)n2Cc1cccc(OC)c1CC. The first-order valence-corrected chi connectivity index (χ1v) is 13.1. The third-order valence-corrected chi connectivity index (χ3v) is 7.46. The van der Waals surface area contributed by atoms with Crippen molar-refractivity contribution in [3.63, 3.8) is 0 Å². The Bertz CT molecular complexity index is 1550. The van der Waals surface area contributed by atoms with Crippen LogP contribution in [0.2, 0.25) is 0 Å². The van der Waals surface area contributed by atoms with Gasteiger partial charge >= 0.3 is 0 Å². The average molecular weight is 487 g/mol. The van der Waals surface area contributed by atoms with Crippen molar-refractivity contribution in [1.29, 1.82) is 0 Å². The molecular weight excluding hydrogens is 456 g/mol. The predicted octanol–water partition coefficient (Wildman–Crippen LogP) is 5.97. The van der Waals surface area contributed by atoms with Crippen LogP contribution in [0.25, 0.3) is 16.6 Å². The van der Waals surface area contributed by atoms with Gasteiger partial charge in [-0.2, -0.15) is 0 Å². The maximum Gasteiger partial charge on any atom is 0.208 e. The molecule has 3 N–H and O–H groups in total. The van der Waals surface area contributed by atoms with Gasteiger partial charge in [0.2, 0.25) is 5.95 Å². The summed E-state index contributed by atoms with van der Waals surface area (Å²) in [5.41, 5.74) is 7.10. The highest BCUT2D eigenvalue weighted by molar-refractivity contribution is 8.26. The van der Waals surface area contributed by atoms with Crippen molar-refractivity contribution in [2.24, 2.45) is 5.14 Å². The second kappa shape index (κ2) is 9.84. The molecule has 0 saturated carbocycles. The molecule has 0 aliphatic heterocycles. The molecule has 4 rings (SSSR count). The normalized spacial score (nSPS) is 12.7. The van der Waals surface area contributed by atoms with Gasteiger partial charge < -0.3 is 14.6 Å². The number of allylic oxidation sites excluding steroid dienone is 1. The summed E-state index contributed by atoms with van der Waals surface area (Å²) in [5, 5.41) is 11.3. The molecule has 180 valence electrons. The van der Waals surface area contributed by atoms with Crippen molar-refractivity contribution >= 4 is 48.7 Å². The van der Waals surface area contributed by atoms with Crippen LogP contribution in [-0.2, 0) is 17.8 Å². The van der Waals surface area contributed by atoms with Gasteiger partial charge in [0.05, 0.1) is 24.7 Å². The number of hydrogen-bond acceptors (Lipinski definition) is 5. The minimum Gasteiger partial charge on any atom is -0.496 e. The van der Waals surface area contributed by atoms with Crippen molar-refractivity contribution in [3.05, 3.63) is 83.9 Å². The lowest BCUT2D eigenvalue weighted by Crippen LogP contribution is -2.08. The van der Waals surface area contributed by atoms with Crippen LogP contribution < -0.4 is 15.2 Å². The fourth-order valence-corrected chi connectivity index (χ4v) is 4.85. The summed E-state index contributed by atoms with van der Waals surface area (Å²) in [4.78, 5) is 16.8. The van der Waals surface area contributed by atoms with Gasteiger partial charge in [0.25, 0.3) is 0 Å². The standard InChI is InChI=1S/C28H30N4O2S/c1-6-24-21(8-7-9-27(24)34-4)17-32-26-15-10-20(19(2)3)16-25(26)31-28(32)30-22-11-13-23(14-12-22)35(5,29)18-33/h7-16H,2,5-6,17,29H2,1,3-4H3,(H,30,31). The monoisotopic (exact) mass is 486 g/mol. The number of aromatic nitrogens is 2. The second-order valence-electron chi connectivity index (χ2n) is 8.48. The maximum atomic E-state index is 11.2. The van der Waals surface area contributed by atoms with E-state index in [0.29, 0.717) is 17.4 Å². The van der Waals surface area contributed by atoms with E-state index in [-0.39, 0.29) is 0 Å². The molecule has 4 aromatic rings. The van der Waals surface area contributed by atoms with E-state index in [1.54, 1.807) is 19.2 Å². The number of benzene rings is 3. The molecule has 1 heterocycles. The first kappa shape index (κ1) is 24.4. The number of ether oxygens (including phenoxy) is 1. The Morgan fingerprint density at radius 1 is 1.20 bits per heavy atom. The summed E-state index contributed by atoms with van der Waals surface area (Å²) in [7, 11) is -0.608. The van der Waals surface area contributed by atoms with E-state index >= 15 is 0 Å². The molecule has 1 unspecified atom stereocenters. The average Bonchev–Trinajstić information content (AvgIpc) is 3.19. The predicted molar refractivity (Wildman–Crippen MR) is 148 cm³/mol. The number of anilines is 2. The molecule has 35 heavy (non-hydrogen) atoms. The van der Waals surface area contributed by atoms with E-state index < -0.39 is 9.39 Å². The summed E-state index contributed by atoms with van der Waals surface area (Å²) in [5.74, 6) is 5.39. The second-order valence-corrected chi connectivity index (χ2v) is 10.7. The zero-order valence-electron chi connectivity index (χ0n) is 20.3. The molecule has 6 nitrogen and oxygen atoms in total. The smallest absolute Gasteiger partial charge is 0.208 e. The van der Waals surface area contributed by atoms with Crippen LogP contribution >= 0.6 is 9.39 Å². The Morgan fingerprint density at radius 3 is 2.57 bits per heavy atom. The largest absolute Gasteiger partial charge is 0.496 e. The number of fused-ring (bicyclic) bond motifs is 1. The van der Waals surface area contributed by atoms with Gasteiger partial charge in [-0.3, -0.25) is 5.14 Å². The number of nitrogens with two attached hydrogens (primary N) is 1. The summed E-state index contributed by atoms with van der Waals surface area (Å²) in [6.07, 6.45) is 0.859. The molecule has 1 aromatic heterocycles. The van der Waals surface area contributed by atoms with Crippen molar-refractivity contribution in [2.45, 2.75) is 31.7 Å². The molecule has 0 aliphatic rings. The molecule has 0 saturated heterocycles. The van der Waals surface area contributed by atoms with Gasteiger partial charge in [0.15, 0.2) is 5.23 Å². The Kier molecular flexibility index (Phi) is 6.85. The first-order valence-electron chi connectivity index (χ1n) is 11.3. The Hall–Kier alpha value is -3.77. The molecule has 3 aromatic carbocycles. The molecule has 7 heteroatoms. The Labute approximate surface area is 206 Å². The lowest BCUT2D eigenvalue weighted by atomic mass is 10.0. The quantitative estimate of drug-likeness (QED) is 0.300. The highest BCUT2D eigenvalue weighted by atomic mass is 32.2. The van der Waals surface area contributed by atoms with Crippen LogP contribution in [0.3, 0.4) is 0 Å². The summed E-state index contributed by atoms with van der Waals surface area (Å²) in [6, 6.07) is 19.7. The van der Waals surface area contributed by atoms with Crippen LogP contribution in [-0.4, -0.2) is 27.8 Å². The number of carbonyl (C=O) groups excluding carboxylic acids is 1. The van der Waals surface area contributed by atoms with E-state index in [2.05, 4.69) is 53.5 Å². The molecule has 0 aliphatic carbocycles. The van der Waals surface area contributed by atoms with E-state index in [9.17, 15) is 4.79 Å². The van der Waals surface area contributed by atoms with Crippen LogP contribution in [0.1, 0.15) is 30.5 Å². The van der Waals surface area contributed by atoms with Crippen molar-refractivity contribution in [1.82, 2.24) is 9.55 Å². The third-order valence-electron chi connectivity index (χ3n) is 6.05. The van der Waals surface area contributed by atoms with Gasteiger partial charge in [-0.05, 0) is 72.5 Å². The molecule has 0 spiro atoms. The topological polar surface area (TPSA) is 82.2 Å². The zero-order valence-corrected chi connectivity index (χ0v) is 21.1. The lowest BCUT2D eigenvalue weighted by molar-refractivity contribution is 0.409. The zero-order chi connectivity index (χ0) is 25.2. The third kappa shape index (κ3) is 4.88. The fourth-order valence-electron chi connectivity index (χ4n) is 4.13. The molecular formula is C28H30N4O2S. The number of rotatable bonds is 8. The summed E-state index contributed by atoms with van der Waals surface area (Å²) in [6.45, 7) is 8.81. The van der Waals surface area contributed by atoms with E-state index in [1.807, 2.05) is 36.4 Å². The number of hydrogen-bond donors (Lipinski definition) is 2. The van der Waals surface area contributed by atoms with Gasteiger partial charge in [-0.15, -0.1) is 0 Å². The lowest BCUT2D eigenvalue weighted by Gasteiger charge is -2.16. The van der Waals surface area contributed by atoms with Crippen LogP contribution in [0.4, 0.5) is 11.6 Å². The maximum absolute atomic E-state index is 11.2. The highest BCUT2D eigenvalue weighted by Gasteiger charge is 2.15. The first-order chi connectivity index (χ1) is 16.8. The van der Waals surface area contributed by atoms with Gasteiger partial charge in [0.1, 0.15) is 5.75 Å².